The molecule has 1 aliphatic rings. The van der Waals surface area contributed by atoms with E-state index in [0.717, 1.165) is 24.8 Å². The minimum absolute atomic E-state index is 0.179. The number of imide groups is 1. The van der Waals surface area contributed by atoms with Gasteiger partial charge in [0, 0.05) is 6.54 Å². The first-order valence-electron chi connectivity index (χ1n) is 8.08. The predicted octanol–water partition coefficient (Wildman–Crippen LogP) is 3.09. The summed E-state index contributed by atoms with van der Waals surface area (Å²) in [5, 5.41) is 4.97. The lowest BCUT2D eigenvalue weighted by atomic mass is 9.97. The number of carbonyl (C=O) groups excluding carboxylic acids is 2. The number of allylic oxidation sites excluding steroid dienone is 1. The normalized spacial score (nSPS) is 13.9. The van der Waals surface area contributed by atoms with Crippen LogP contribution in [-0.4, -0.2) is 25.1 Å². The zero-order valence-electron chi connectivity index (χ0n) is 13.6. The number of hydrogen-bond acceptors (Lipinski definition) is 3. The molecule has 0 atom stereocenters. The maximum absolute atomic E-state index is 11.7. The summed E-state index contributed by atoms with van der Waals surface area (Å²) in [7, 11) is 0. The summed E-state index contributed by atoms with van der Waals surface area (Å²) in [4.78, 5) is 23.3. The number of nitrogens with one attached hydrogen (secondary N) is 2. The van der Waals surface area contributed by atoms with Crippen LogP contribution in [0.3, 0.4) is 0 Å². The van der Waals surface area contributed by atoms with Gasteiger partial charge in [0.25, 0.3) is 5.91 Å². The maximum atomic E-state index is 11.7. The monoisotopic (exact) mass is 316 g/mol. The van der Waals surface area contributed by atoms with Gasteiger partial charge in [0.15, 0.2) is 6.61 Å². The fourth-order valence-electron chi connectivity index (χ4n) is 2.53. The second-order valence-corrected chi connectivity index (χ2v) is 5.77. The van der Waals surface area contributed by atoms with Gasteiger partial charge >= 0.3 is 6.03 Å². The van der Waals surface area contributed by atoms with E-state index in [0.29, 0.717) is 12.3 Å². The third-order valence-corrected chi connectivity index (χ3v) is 3.73. The molecule has 2 rings (SSSR count). The summed E-state index contributed by atoms with van der Waals surface area (Å²) >= 11 is 0. The lowest BCUT2D eigenvalue weighted by molar-refractivity contribution is -0.122. The highest BCUT2D eigenvalue weighted by atomic mass is 16.5. The lowest BCUT2D eigenvalue weighted by Gasteiger charge is -2.13. The van der Waals surface area contributed by atoms with Crippen LogP contribution in [0.1, 0.15) is 37.7 Å². The summed E-state index contributed by atoms with van der Waals surface area (Å²) in [5.74, 6) is 0.158. The average molecular weight is 316 g/mol. The van der Waals surface area contributed by atoms with Crippen LogP contribution in [-0.2, 0) is 4.79 Å². The van der Waals surface area contributed by atoms with Crippen molar-refractivity contribution < 1.29 is 14.3 Å². The Morgan fingerprint density at radius 1 is 1.26 bits per heavy atom. The Bertz CT molecular complexity index is 581. The molecule has 2 N–H and O–H groups in total. The molecule has 1 aromatic carbocycles. The van der Waals surface area contributed by atoms with E-state index in [1.54, 1.807) is 6.07 Å². The van der Waals surface area contributed by atoms with Gasteiger partial charge in [-0.2, -0.15) is 0 Å². The molecule has 0 aromatic heterocycles. The van der Waals surface area contributed by atoms with Gasteiger partial charge in [0.05, 0.1) is 0 Å². The molecule has 0 radical (unpaired) electrons. The topological polar surface area (TPSA) is 67.4 Å². The first-order chi connectivity index (χ1) is 11.1. The van der Waals surface area contributed by atoms with Crippen LogP contribution >= 0.6 is 0 Å². The fourth-order valence-corrected chi connectivity index (χ4v) is 2.53. The molecular formula is C18H24N2O3. The summed E-state index contributed by atoms with van der Waals surface area (Å²) in [6.07, 6.45) is 7.84. The van der Waals surface area contributed by atoms with Gasteiger partial charge in [-0.05, 0) is 56.7 Å². The van der Waals surface area contributed by atoms with E-state index < -0.39 is 11.9 Å². The minimum atomic E-state index is -0.473. The fraction of sp³-hybridized carbons (Fsp3) is 0.444. The highest BCUT2D eigenvalue weighted by Crippen LogP contribution is 2.19. The van der Waals surface area contributed by atoms with Crippen molar-refractivity contribution in [1.29, 1.82) is 0 Å². The summed E-state index contributed by atoms with van der Waals surface area (Å²) in [5.41, 5.74) is 2.45. The van der Waals surface area contributed by atoms with E-state index in [2.05, 4.69) is 16.7 Å². The van der Waals surface area contributed by atoms with Crippen LogP contribution in [0.5, 0.6) is 5.75 Å². The van der Waals surface area contributed by atoms with Gasteiger partial charge in [0.2, 0.25) is 0 Å². The van der Waals surface area contributed by atoms with Gasteiger partial charge in [0.1, 0.15) is 5.75 Å². The third kappa shape index (κ3) is 6.55. The largest absolute Gasteiger partial charge is 0.484 e. The molecule has 0 heterocycles. The molecule has 0 saturated heterocycles. The van der Waals surface area contributed by atoms with Crippen LogP contribution in [0.2, 0.25) is 0 Å². The summed E-state index contributed by atoms with van der Waals surface area (Å²) in [6.45, 7) is 2.31. The number of ether oxygens (including phenoxy) is 1. The summed E-state index contributed by atoms with van der Waals surface area (Å²) < 4.78 is 5.35. The molecule has 0 fully saturated rings. The van der Waals surface area contributed by atoms with Crippen LogP contribution < -0.4 is 15.4 Å². The third-order valence-electron chi connectivity index (χ3n) is 3.73. The first-order valence-corrected chi connectivity index (χ1v) is 8.08. The SMILES string of the molecule is Cc1cccc(OCC(=O)NC(=O)NCCC2=CCCCC2)c1. The van der Waals surface area contributed by atoms with Gasteiger partial charge in [-0.15, -0.1) is 0 Å². The Morgan fingerprint density at radius 2 is 2.13 bits per heavy atom. The standard InChI is InChI=1S/C18H24N2O3/c1-14-6-5-9-16(12-14)23-13-17(21)20-18(22)19-11-10-15-7-3-2-4-8-15/h5-7,9,12H,2-4,8,10-11,13H2,1H3,(H2,19,20,21,22). The quantitative estimate of drug-likeness (QED) is 0.793. The molecule has 0 unspecified atom stereocenters. The molecule has 1 aromatic rings. The van der Waals surface area contributed by atoms with Crippen molar-refractivity contribution in [3.63, 3.8) is 0 Å². The lowest BCUT2D eigenvalue weighted by Crippen LogP contribution is -2.42. The molecular weight excluding hydrogens is 292 g/mol. The van der Waals surface area contributed by atoms with Gasteiger partial charge in [-0.25, -0.2) is 4.79 Å². The van der Waals surface area contributed by atoms with Crippen LogP contribution in [0.4, 0.5) is 4.79 Å². The highest BCUT2D eigenvalue weighted by molar-refractivity contribution is 5.94. The maximum Gasteiger partial charge on any atom is 0.321 e. The molecule has 0 aliphatic heterocycles. The second-order valence-electron chi connectivity index (χ2n) is 5.77. The molecule has 0 bridgehead atoms. The van der Waals surface area contributed by atoms with Crippen molar-refractivity contribution in [2.45, 2.75) is 39.0 Å². The first kappa shape index (κ1) is 17.1. The number of rotatable bonds is 6. The average Bonchev–Trinajstić information content (AvgIpc) is 2.54. The van der Waals surface area contributed by atoms with E-state index in [1.807, 2.05) is 25.1 Å². The van der Waals surface area contributed by atoms with Crippen molar-refractivity contribution in [2.75, 3.05) is 13.2 Å². The number of hydrogen-bond donors (Lipinski definition) is 2. The van der Waals surface area contributed by atoms with Crippen molar-refractivity contribution in [2.24, 2.45) is 0 Å². The van der Waals surface area contributed by atoms with E-state index in [9.17, 15) is 9.59 Å². The molecule has 0 spiro atoms. The number of carbonyl (C=O) groups is 2. The van der Waals surface area contributed by atoms with E-state index in [1.165, 1.54) is 18.4 Å². The Hall–Kier alpha value is -2.30. The minimum Gasteiger partial charge on any atom is -0.484 e. The number of urea groups is 1. The van der Waals surface area contributed by atoms with Crippen molar-refractivity contribution in [3.05, 3.63) is 41.5 Å². The zero-order chi connectivity index (χ0) is 16.5. The highest BCUT2D eigenvalue weighted by Gasteiger charge is 2.09. The molecule has 5 heteroatoms. The molecule has 5 nitrogen and oxygen atoms in total. The number of aryl methyl sites for hydroxylation is 1. The smallest absolute Gasteiger partial charge is 0.321 e. The Kier molecular flexibility index (Phi) is 6.66. The van der Waals surface area contributed by atoms with E-state index in [-0.39, 0.29) is 6.61 Å². The van der Waals surface area contributed by atoms with Crippen LogP contribution in [0.25, 0.3) is 0 Å². The van der Waals surface area contributed by atoms with Crippen molar-refractivity contribution in [1.82, 2.24) is 10.6 Å². The zero-order valence-corrected chi connectivity index (χ0v) is 13.6. The Balaban J connectivity index is 1.62. The van der Waals surface area contributed by atoms with Crippen molar-refractivity contribution in [3.8, 4) is 5.75 Å². The second kappa shape index (κ2) is 8.98. The number of benzene rings is 1. The van der Waals surface area contributed by atoms with Gasteiger partial charge < -0.3 is 10.1 Å². The Labute approximate surface area is 137 Å². The molecule has 23 heavy (non-hydrogen) atoms. The number of amides is 3. The van der Waals surface area contributed by atoms with Gasteiger partial charge in [-0.3, -0.25) is 10.1 Å². The molecule has 124 valence electrons. The molecule has 3 amide bonds. The Morgan fingerprint density at radius 3 is 2.87 bits per heavy atom. The van der Waals surface area contributed by atoms with E-state index >= 15 is 0 Å². The molecule has 0 saturated carbocycles. The van der Waals surface area contributed by atoms with Crippen LogP contribution in [0, 0.1) is 6.92 Å². The van der Waals surface area contributed by atoms with E-state index in [4.69, 9.17) is 4.74 Å². The predicted molar refractivity (Wildman–Crippen MR) is 89.4 cm³/mol. The van der Waals surface area contributed by atoms with Crippen LogP contribution in [0.15, 0.2) is 35.9 Å². The van der Waals surface area contributed by atoms with Gasteiger partial charge in [-0.1, -0.05) is 23.8 Å². The molecule has 1 aliphatic carbocycles. The van der Waals surface area contributed by atoms with Crippen molar-refractivity contribution >= 4 is 11.9 Å². The summed E-state index contributed by atoms with van der Waals surface area (Å²) in [6, 6.07) is 6.94.